The van der Waals surface area contributed by atoms with E-state index < -0.39 is 5.63 Å². The van der Waals surface area contributed by atoms with Crippen molar-refractivity contribution < 1.29 is 18.6 Å². The highest BCUT2D eigenvalue weighted by atomic mass is 16.5. The van der Waals surface area contributed by atoms with Crippen molar-refractivity contribution in [2.24, 2.45) is 0 Å². The lowest BCUT2D eigenvalue weighted by Crippen LogP contribution is -2.12. The zero-order valence-corrected chi connectivity index (χ0v) is 19.4. The third-order valence-corrected chi connectivity index (χ3v) is 5.21. The Morgan fingerprint density at radius 2 is 1.58 bits per heavy atom. The van der Waals surface area contributed by atoms with Crippen molar-refractivity contribution >= 4 is 11.0 Å². The van der Waals surface area contributed by atoms with Crippen LogP contribution < -0.4 is 19.8 Å². The van der Waals surface area contributed by atoms with Crippen molar-refractivity contribution in [2.45, 2.75) is 78.1 Å². The summed E-state index contributed by atoms with van der Waals surface area (Å²) in [6, 6.07) is 5.48. The highest BCUT2D eigenvalue weighted by molar-refractivity contribution is 5.89. The molecule has 0 N–H and O–H groups in total. The molecule has 0 radical (unpaired) electrons. The topological polar surface area (TPSA) is 57.9 Å². The number of fused-ring (bicyclic) bond motifs is 1. The van der Waals surface area contributed by atoms with Gasteiger partial charge in [0, 0.05) is 0 Å². The number of para-hydroxylation sites is 1. The Morgan fingerprint density at radius 1 is 0.871 bits per heavy atom. The number of ether oxygens (including phenoxy) is 3. The van der Waals surface area contributed by atoms with Crippen LogP contribution in [0.3, 0.4) is 0 Å². The first-order valence-corrected chi connectivity index (χ1v) is 11.8. The summed E-state index contributed by atoms with van der Waals surface area (Å²) in [7, 11) is 1.55. The molecule has 0 atom stereocenters. The summed E-state index contributed by atoms with van der Waals surface area (Å²) in [4.78, 5) is 12.7. The fraction of sp³-hybridized carbons (Fsp3) is 0.577. The number of benzene rings is 1. The molecule has 5 heteroatoms. The van der Waals surface area contributed by atoms with Gasteiger partial charge in [-0.3, -0.25) is 0 Å². The van der Waals surface area contributed by atoms with E-state index in [1.807, 2.05) is 12.1 Å². The molecule has 0 aliphatic rings. The first-order chi connectivity index (χ1) is 15.2. The predicted molar refractivity (Wildman–Crippen MR) is 127 cm³/mol. The van der Waals surface area contributed by atoms with E-state index in [9.17, 15) is 4.79 Å². The zero-order valence-electron chi connectivity index (χ0n) is 19.4. The van der Waals surface area contributed by atoms with E-state index in [0.29, 0.717) is 35.7 Å². The number of unbranched alkanes of at least 4 members (excludes halogenated alkanes) is 7. The van der Waals surface area contributed by atoms with Gasteiger partial charge in [0.05, 0.1) is 25.7 Å². The molecule has 0 unspecified atom stereocenters. The fourth-order valence-corrected chi connectivity index (χ4v) is 3.51. The van der Waals surface area contributed by atoms with Crippen LogP contribution in [-0.2, 0) is 0 Å². The van der Waals surface area contributed by atoms with Gasteiger partial charge >= 0.3 is 5.63 Å². The number of allylic oxidation sites excluding steroid dienone is 1. The second-order valence-electron chi connectivity index (χ2n) is 7.72. The van der Waals surface area contributed by atoms with Crippen molar-refractivity contribution in [3.63, 3.8) is 0 Å². The number of hydrogen-bond donors (Lipinski definition) is 0. The maximum Gasteiger partial charge on any atom is 0.383 e. The first kappa shape index (κ1) is 24.8. The molecule has 2 rings (SSSR count). The highest BCUT2D eigenvalue weighted by Gasteiger charge is 2.20. The van der Waals surface area contributed by atoms with Crippen molar-refractivity contribution in [3.05, 3.63) is 40.8 Å². The Kier molecular flexibility index (Phi) is 11.7. The highest BCUT2D eigenvalue weighted by Crippen LogP contribution is 2.37. The summed E-state index contributed by atoms with van der Waals surface area (Å²) in [6.07, 6.45) is 15.6. The molecule has 0 aliphatic carbocycles. The van der Waals surface area contributed by atoms with E-state index in [4.69, 9.17) is 18.6 Å². The Bertz CT molecular complexity index is 853. The lowest BCUT2D eigenvalue weighted by molar-refractivity contribution is 0.255. The zero-order chi connectivity index (χ0) is 22.3. The number of rotatable bonds is 16. The van der Waals surface area contributed by atoms with Gasteiger partial charge in [-0.05, 0) is 31.4 Å². The Labute approximate surface area is 186 Å². The quantitative estimate of drug-likeness (QED) is 0.162. The molecule has 0 amide bonds. The van der Waals surface area contributed by atoms with Crippen LogP contribution in [0.25, 0.3) is 11.0 Å². The lowest BCUT2D eigenvalue weighted by Gasteiger charge is -2.14. The van der Waals surface area contributed by atoms with Crippen molar-refractivity contribution in [1.82, 2.24) is 0 Å². The first-order valence-electron chi connectivity index (χ1n) is 11.8. The lowest BCUT2D eigenvalue weighted by atomic mass is 10.1. The normalized spacial score (nSPS) is 11.3. The Hall–Kier alpha value is -2.43. The predicted octanol–water partition coefficient (Wildman–Crippen LogP) is 7.06. The smallest absolute Gasteiger partial charge is 0.383 e. The van der Waals surface area contributed by atoms with E-state index >= 15 is 0 Å². The van der Waals surface area contributed by atoms with Crippen molar-refractivity contribution in [1.29, 1.82) is 0 Å². The van der Waals surface area contributed by atoms with Gasteiger partial charge in [-0.15, -0.1) is 0 Å². The van der Waals surface area contributed by atoms with Crippen LogP contribution in [0.5, 0.6) is 17.2 Å². The minimum Gasteiger partial charge on any atom is -0.493 e. The molecule has 0 saturated carbocycles. The van der Waals surface area contributed by atoms with Gasteiger partial charge in [0.15, 0.2) is 17.1 Å². The van der Waals surface area contributed by atoms with E-state index in [2.05, 4.69) is 26.0 Å². The molecule has 31 heavy (non-hydrogen) atoms. The van der Waals surface area contributed by atoms with Gasteiger partial charge in [0.1, 0.15) is 0 Å². The standard InChI is InChI=1S/C26H38O5/c1-4-6-8-10-11-12-13-15-20-30-25-24(29-19-14-9-7-5-2)21-17-16-18-22(28-3)23(21)31-26(25)27/h7,9,16-18H,4-6,8,10-15,19-20H2,1-3H3. The average molecular weight is 431 g/mol. The Balaban J connectivity index is 2.05. The summed E-state index contributed by atoms with van der Waals surface area (Å²) in [6.45, 7) is 5.26. The molecule has 5 nitrogen and oxygen atoms in total. The molecule has 0 bridgehead atoms. The maximum atomic E-state index is 12.7. The van der Waals surface area contributed by atoms with Crippen LogP contribution in [0.15, 0.2) is 39.6 Å². The molecule has 0 spiro atoms. The van der Waals surface area contributed by atoms with Gasteiger partial charge in [-0.2, -0.15) is 0 Å². The number of methoxy groups -OCH3 is 1. The Morgan fingerprint density at radius 3 is 2.29 bits per heavy atom. The van der Waals surface area contributed by atoms with Gasteiger partial charge in [0.25, 0.3) is 0 Å². The van der Waals surface area contributed by atoms with E-state index in [1.54, 1.807) is 13.2 Å². The second-order valence-corrected chi connectivity index (χ2v) is 7.72. The van der Waals surface area contributed by atoms with Crippen molar-refractivity contribution in [3.8, 4) is 17.2 Å². The van der Waals surface area contributed by atoms with Crippen LogP contribution in [0, 0.1) is 0 Å². The minimum absolute atomic E-state index is 0.156. The molecular formula is C26H38O5. The SMILES string of the molecule is CCC=CCCOc1c(OCCCCCCCCCC)c(=O)oc2c(OC)cccc12. The molecule has 2 aromatic rings. The van der Waals surface area contributed by atoms with E-state index in [0.717, 1.165) is 25.7 Å². The summed E-state index contributed by atoms with van der Waals surface area (Å²) < 4.78 is 22.8. The van der Waals surface area contributed by atoms with Crippen LogP contribution in [0.1, 0.15) is 78.1 Å². The summed E-state index contributed by atoms with van der Waals surface area (Å²) in [5.41, 5.74) is -0.149. The van der Waals surface area contributed by atoms with Crippen LogP contribution >= 0.6 is 0 Å². The molecule has 1 heterocycles. The number of hydrogen-bond acceptors (Lipinski definition) is 5. The van der Waals surface area contributed by atoms with E-state index in [1.165, 1.54) is 38.5 Å². The minimum atomic E-state index is -0.532. The summed E-state index contributed by atoms with van der Waals surface area (Å²) in [5, 5.41) is 0.685. The van der Waals surface area contributed by atoms with Crippen molar-refractivity contribution in [2.75, 3.05) is 20.3 Å². The third kappa shape index (κ3) is 7.97. The van der Waals surface area contributed by atoms with Gasteiger partial charge < -0.3 is 18.6 Å². The van der Waals surface area contributed by atoms with Gasteiger partial charge in [-0.1, -0.05) is 77.0 Å². The van der Waals surface area contributed by atoms with Crippen LogP contribution in [0.2, 0.25) is 0 Å². The van der Waals surface area contributed by atoms with Crippen LogP contribution in [-0.4, -0.2) is 20.3 Å². The molecular weight excluding hydrogens is 392 g/mol. The molecule has 0 fully saturated rings. The largest absolute Gasteiger partial charge is 0.493 e. The molecule has 1 aromatic carbocycles. The average Bonchev–Trinajstić information content (AvgIpc) is 2.78. The van der Waals surface area contributed by atoms with Crippen LogP contribution in [0.4, 0.5) is 0 Å². The van der Waals surface area contributed by atoms with Gasteiger partial charge in [0.2, 0.25) is 5.75 Å². The second kappa shape index (κ2) is 14.6. The monoisotopic (exact) mass is 430 g/mol. The summed E-state index contributed by atoms with van der Waals surface area (Å²) >= 11 is 0. The molecule has 0 aliphatic heterocycles. The summed E-state index contributed by atoms with van der Waals surface area (Å²) in [5.74, 6) is 1.10. The molecule has 0 saturated heterocycles. The molecule has 1 aromatic heterocycles. The maximum absolute atomic E-state index is 12.7. The third-order valence-electron chi connectivity index (χ3n) is 5.21. The van der Waals surface area contributed by atoms with E-state index in [-0.39, 0.29) is 5.75 Å². The fourth-order valence-electron chi connectivity index (χ4n) is 3.51. The molecule has 172 valence electrons. The van der Waals surface area contributed by atoms with Gasteiger partial charge in [-0.25, -0.2) is 4.79 Å².